The Kier molecular flexibility index (Phi) is 4.12. The highest BCUT2D eigenvalue weighted by atomic mass is 16.6. The van der Waals surface area contributed by atoms with E-state index in [1.54, 1.807) is 18.2 Å². The Balaban J connectivity index is 2.56. The van der Waals surface area contributed by atoms with Crippen molar-refractivity contribution in [3.63, 3.8) is 0 Å². The number of hydrogen-bond acceptors (Lipinski definition) is 6. The highest BCUT2D eigenvalue weighted by molar-refractivity contribution is 5.82. The fourth-order valence-electron chi connectivity index (χ4n) is 1.88. The van der Waals surface area contributed by atoms with Gasteiger partial charge in [-0.25, -0.2) is 4.98 Å². The van der Waals surface area contributed by atoms with E-state index in [1.807, 2.05) is 19.1 Å². The maximum absolute atomic E-state index is 11.1. The molecule has 1 aromatic heterocycles. The van der Waals surface area contributed by atoms with Crippen molar-refractivity contribution in [1.29, 1.82) is 0 Å². The summed E-state index contributed by atoms with van der Waals surface area (Å²) in [5.74, 6) is -0.362. The van der Waals surface area contributed by atoms with Crippen molar-refractivity contribution in [3.8, 4) is 0 Å². The number of pyridine rings is 1. The van der Waals surface area contributed by atoms with Gasteiger partial charge in [-0.2, -0.15) is 0 Å². The first-order chi connectivity index (χ1) is 10.4. The molecular formula is C14H12N4O4. The molecule has 0 amide bonds. The number of nitrogens with two attached hydrogens (primary N) is 1. The molecule has 8 nitrogen and oxygen atoms in total. The fourth-order valence-corrected chi connectivity index (χ4v) is 1.88. The second-order valence-electron chi connectivity index (χ2n) is 4.55. The molecule has 0 radical (unpaired) electrons. The summed E-state index contributed by atoms with van der Waals surface area (Å²) in [6.07, 6.45) is 3.77. The summed E-state index contributed by atoms with van der Waals surface area (Å²) in [5, 5.41) is 22.1. The van der Waals surface area contributed by atoms with Crippen LogP contribution in [0.4, 0.5) is 17.2 Å². The van der Waals surface area contributed by atoms with Crippen molar-refractivity contribution in [2.75, 3.05) is 5.73 Å². The molecule has 0 spiro atoms. The van der Waals surface area contributed by atoms with Gasteiger partial charge in [0.05, 0.1) is 9.85 Å². The number of rotatable bonds is 4. The van der Waals surface area contributed by atoms with Gasteiger partial charge in [0.15, 0.2) is 0 Å². The quantitative estimate of drug-likeness (QED) is 0.683. The van der Waals surface area contributed by atoms with Gasteiger partial charge in [-0.15, -0.1) is 0 Å². The minimum absolute atomic E-state index is 0.178. The molecule has 0 fully saturated rings. The van der Waals surface area contributed by atoms with Crippen LogP contribution in [0.2, 0.25) is 0 Å². The van der Waals surface area contributed by atoms with Crippen LogP contribution in [0.5, 0.6) is 0 Å². The minimum atomic E-state index is -0.774. The van der Waals surface area contributed by atoms with E-state index in [2.05, 4.69) is 4.98 Å². The first-order valence-electron chi connectivity index (χ1n) is 6.22. The average Bonchev–Trinajstić information content (AvgIpc) is 2.45. The van der Waals surface area contributed by atoms with Crippen molar-refractivity contribution in [1.82, 2.24) is 4.98 Å². The molecule has 0 atom stereocenters. The van der Waals surface area contributed by atoms with Crippen LogP contribution >= 0.6 is 0 Å². The molecule has 22 heavy (non-hydrogen) atoms. The molecule has 0 saturated carbocycles. The molecule has 2 N–H and O–H groups in total. The van der Waals surface area contributed by atoms with Gasteiger partial charge < -0.3 is 5.73 Å². The van der Waals surface area contributed by atoms with E-state index >= 15 is 0 Å². The third-order valence-corrected chi connectivity index (χ3v) is 3.00. The molecular weight excluding hydrogens is 288 g/mol. The summed E-state index contributed by atoms with van der Waals surface area (Å²) < 4.78 is 0. The van der Waals surface area contributed by atoms with Gasteiger partial charge >= 0.3 is 11.4 Å². The number of anilines is 1. The number of nitro groups is 2. The fraction of sp³-hybridized carbons (Fsp3) is 0.0714. The van der Waals surface area contributed by atoms with E-state index in [4.69, 9.17) is 5.73 Å². The summed E-state index contributed by atoms with van der Waals surface area (Å²) >= 11 is 0. The Bertz CT molecular complexity index is 769. The van der Waals surface area contributed by atoms with Gasteiger partial charge in [0.1, 0.15) is 11.8 Å². The largest absolute Gasteiger partial charge is 0.378 e. The van der Waals surface area contributed by atoms with Crippen molar-refractivity contribution < 1.29 is 9.85 Å². The summed E-state index contributed by atoms with van der Waals surface area (Å²) in [7, 11) is 0. The van der Waals surface area contributed by atoms with Crippen molar-refractivity contribution in [2.24, 2.45) is 0 Å². The predicted octanol–water partition coefficient (Wildman–Crippen LogP) is 2.96. The lowest BCUT2D eigenvalue weighted by Gasteiger charge is -2.02. The van der Waals surface area contributed by atoms with Gasteiger partial charge in [0.2, 0.25) is 5.82 Å². The summed E-state index contributed by atoms with van der Waals surface area (Å²) in [4.78, 5) is 24.1. The summed E-state index contributed by atoms with van der Waals surface area (Å²) in [6.45, 7) is 1.92. The SMILES string of the molecule is Cc1ccc(/C=C/c2c([N+](=O)[O-])cnc(N)c2[N+](=O)[O-])cc1. The zero-order chi connectivity index (χ0) is 16.3. The van der Waals surface area contributed by atoms with Crippen LogP contribution in [0.3, 0.4) is 0 Å². The molecule has 8 heteroatoms. The maximum atomic E-state index is 11.1. The molecule has 0 bridgehead atoms. The Hall–Kier alpha value is -3.29. The number of hydrogen-bond donors (Lipinski definition) is 1. The molecule has 1 heterocycles. The molecule has 2 aromatic rings. The lowest BCUT2D eigenvalue weighted by molar-refractivity contribution is -0.394. The van der Waals surface area contributed by atoms with E-state index < -0.39 is 21.2 Å². The Labute approximate surface area is 125 Å². The van der Waals surface area contributed by atoms with E-state index in [-0.39, 0.29) is 11.4 Å². The molecule has 0 aliphatic rings. The first kappa shape index (κ1) is 15.1. The van der Waals surface area contributed by atoms with Gasteiger partial charge in [0, 0.05) is 0 Å². The van der Waals surface area contributed by atoms with E-state index in [1.165, 1.54) is 6.08 Å². The maximum Gasteiger partial charge on any atom is 0.325 e. The monoisotopic (exact) mass is 300 g/mol. The van der Waals surface area contributed by atoms with Crippen LogP contribution in [0.25, 0.3) is 12.2 Å². The third kappa shape index (κ3) is 3.06. The summed E-state index contributed by atoms with van der Waals surface area (Å²) in [6, 6.07) is 7.33. The van der Waals surface area contributed by atoms with E-state index in [0.717, 1.165) is 17.3 Å². The normalized spacial score (nSPS) is 10.8. The number of nitrogens with zero attached hydrogens (tertiary/aromatic N) is 3. The molecule has 0 saturated heterocycles. The van der Waals surface area contributed by atoms with Crippen LogP contribution < -0.4 is 5.73 Å². The Morgan fingerprint density at radius 3 is 2.27 bits per heavy atom. The number of aryl methyl sites for hydroxylation is 1. The number of nitrogen functional groups attached to an aromatic ring is 1. The third-order valence-electron chi connectivity index (χ3n) is 3.00. The zero-order valence-electron chi connectivity index (χ0n) is 11.6. The standard InChI is InChI=1S/C14H12N4O4/c1-9-2-4-10(5-3-9)6-7-11-12(17(19)20)8-16-14(15)13(11)18(21)22/h2-8H,1H3,(H2,15,16)/b7-6+. The van der Waals surface area contributed by atoms with E-state index in [0.29, 0.717) is 0 Å². The van der Waals surface area contributed by atoms with Gasteiger partial charge in [0.25, 0.3) is 0 Å². The van der Waals surface area contributed by atoms with Crippen LogP contribution in [0.15, 0.2) is 30.5 Å². The average molecular weight is 300 g/mol. The molecule has 1 aromatic carbocycles. The second kappa shape index (κ2) is 6.00. The van der Waals surface area contributed by atoms with Crippen LogP contribution in [-0.4, -0.2) is 14.8 Å². The topological polar surface area (TPSA) is 125 Å². The minimum Gasteiger partial charge on any atom is -0.378 e. The molecule has 0 aliphatic carbocycles. The van der Waals surface area contributed by atoms with Gasteiger partial charge in [-0.05, 0) is 18.6 Å². The van der Waals surface area contributed by atoms with Crippen molar-refractivity contribution >= 4 is 29.3 Å². The highest BCUT2D eigenvalue weighted by Gasteiger charge is 2.27. The Morgan fingerprint density at radius 2 is 1.73 bits per heavy atom. The molecule has 112 valence electrons. The predicted molar refractivity (Wildman–Crippen MR) is 82.1 cm³/mol. The zero-order valence-corrected chi connectivity index (χ0v) is 11.6. The second-order valence-corrected chi connectivity index (χ2v) is 4.55. The molecule has 0 aliphatic heterocycles. The number of aromatic nitrogens is 1. The lowest BCUT2D eigenvalue weighted by atomic mass is 10.1. The molecule has 0 unspecified atom stereocenters. The first-order valence-corrected chi connectivity index (χ1v) is 6.22. The van der Waals surface area contributed by atoms with Crippen LogP contribution in [-0.2, 0) is 0 Å². The van der Waals surface area contributed by atoms with Gasteiger partial charge in [-0.1, -0.05) is 35.9 Å². The van der Waals surface area contributed by atoms with Crippen LogP contribution in [0.1, 0.15) is 16.7 Å². The van der Waals surface area contributed by atoms with Crippen LogP contribution in [0, 0.1) is 27.2 Å². The summed E-state index contributed by atoms with van der Waals surface area (Å²) in [5.41, 5.74) is 6.07. The lowest BCUT2D eigenvalue weighted by Crippen LogP contribution is -2.04. The van der Waals surface area contributed by atoms with E-state index in [9.17, 15) is 20.2 Å². The molecule has 2 rings (SSSR count). The highest BCUT2D eigenvalue weighted by Crippen LogP contribution is 2.33. The smallest absolute Gasteiger partial charge is 0.325 e. The van der Waals surface area contributed by atoms with Crippen molar-refractivity contribution in [3.05, 3.63) is 67.4 Å². The Morgan fingerprint density at radius 1 is 1.09 bits per heavy atom. The van der Waals surface area contributed by atoms with Crippen molar-refractivity contribution in [2.45, 2.75) is 6.92 Å². The number of benzene rings is 1. The van der Waals surface area contributed by atoms with Gasteiger partial charge in [-0.3, -0.25) is 20.2 Å².